The molecule has 26 heavy (non-hydrogen) atoms. The molecule has 2 aromatic carbocycles. The summed E-state index contributed by atoms with van der Waals surface area (Å²) in [5.41, 5.74) is 2.84. The van der Waals surface area contributed by atoms with Crippen LogP contribution in [0.5, 0.6) is 0 Å². The van der Waals surface area contributed by atoms with Gasteiger partial charge in [-0.2, -0.15) is 0 Å². The molecule has 3 rings (SSSR count). The predicted octanol–water partition coefficient (Wildman–Crippen LogP) is 3.84. The smallest absolute Gasteiger partial charge is 0.249 e. The van der Waals surface area contributed by atoms with Crippen LogP contribution < -0.4 is 4.90 Å². The summed E-state index contributed by atoms with van der Waals surface area (Å²) in [7, 11) is 0. The SMILES string of the molecule is Cc1c(Cl)cccc1N1CCN(C(=O)CCc2ccccc2)[C@@H](C)C1=O. The summed E-state index contributed by atoms with van der Waals surface area (Å²) in [6.07, 6.45) is 1.10. The van der Waals surface area contributed by atoms with Crippen LogP contribution in [-0.4, -0.2) is 35.8 Å². The topological polar surface area (TPSA) is 40.6 Å². The van der Waals surface area contributed by atoms with Gasteiger partial charge in [0.2, 0.25) is 11.8 Å². The van der Waals surface area contributed by atoms with E-state index in [-0.39, 0.29) is 11.8 Å². The number of halogens is 1. The molecular weight excluding hydrogens is 348 g/mol. The highest BCUT2D eigenvalue weighted by molar-refractivity contribution is 6.31. The van der Waals surface area contributed by atoms with E-state index in [4.69, 9.17) is 11.6 Å². The van der Waals surface area contributed by atoms with Crippen molar-refractivity contribution >= 4 is 29.1 Å². The first-order valence-corrected chi connectivity index (χ1v) is 9.26. The van der Waals surface area contributed by atoms with Crippen LogP contribution in [0.15, 0.2) is 48.5 Å². The van der Waals surface area contributed by atoms with Gasteiger partial charge in [0.15, 0.2) is 0 Å². The van der Waals surface area contributed by atoms with E-state index in [0.717, 1.165) is 16.8 Å². The molecule has 0 aromatic heterocycles. The second-order valence-electron chi connectivity index (χ2n) is 6.62. The van der Waals surface area contributed by atoms with E-state index in [9.17, 15) is 9.59 Å². The molecule has 0 aliphatic carbocycles. The molecule has 0 saturated carbocycles. The number of aryl methyl sites for hydroxylation is 1. The van der Waals surface area contributed by atoms with Gasteiger partial charge >= 0.3 is 0 Å². The minimum Gasteiger partial charge on any atom is -0.329 e. The van der Waals surface area contributed by atoms with E-state index in [2.05, 4.69) is 0 Å². The first-order chi connectivity index (χ1) is 12.5. The number of hydrogen-bond acceptors (Lipinski definition) is 2. The largest absolute Gasteiger partial charge is 0.329 e. The Morgan fingerprint density at radius 2 is 1.85 bits per heavy atom. The molecular formula is C21H23ClN2O2. The van der Waals surface area contributed by atoms with Crippen LogP contribution >= 0.6 is 11.6 Å². The zero-order valence-corrected chi connectivity index (χ0v) is 15.9. The standard InChI is InChI=1S/C21H23ClN2O2/c1-15-18(22)9-6-10-19(15)24-14-13-23(16(2)21(24)26)20(25)12-11-17-7-4-3-5-8-17/h3-10,16H,11-14H2,1-2H3/t16-/m0/s1. The van der Waals surface area contributed by atoms with Gasteiger partial charge < -0.3 is 9.80 Å². The Morgan fingerprint density at radius 1 is 1.12 bits per heavy atom. The van der Waals surface area contributed by atoms with E-state index in [1.807, 2.05) is 55.5 Å². The molecule has 0 radical (unpaired) electrons. The minimum atomic E-state index is -0.467. The third-order valence-electron chi connectivity index (χ3n) is 4.98. The van der Waals surface area contributed by atoms with E-state index in [1.54, 1.807) is 16.7 Å². The highest BCUT2D eigenvalue weighted by atomic mass is 35.5. The van der Waals surface area contributed by atoms with Crippen molar-refractivity contribution in [3.63, 3.8) is 0 Å². The number of hydrogen-bond donors (Lipinski definition) is 0. The molecule has 0 bridgehead atoms. The van der Waals surface area contributed by atoms with Crippen LogP contribution in [0.2, 0.25) is 5.02 Å². The van der Waals surface area contributed by atoms with Gasteiger partial charge in [0.05, 0.1) is 0 Å². The average Bonchev–Trinajstić information content (AvgIpc) is 2.65. The molecule has 0 spiro atoms. The number of amides is 2. The lowest BCUT2D eigenvalue weighted by atomic mass is 10.1. The fraction of sp³-hybridized carbons (Fsp3) is 0.333. The van der Waals surface area contributed by atoms with Crippen LogP contribution in [-0.2, 0) is 16.0 Å². The van der Waals surface area contributed by atoms with Crippen molar-refractivity contribution < 1.29 is 9.59 Å². The summed E-state index contributed by atoms with van der Waals surface area (Å²) in [6.45, 7) is 4.73. The van der Waals surface area contributed by atoms with Crippen LogP contribution in [0.1, 0.15) is 24.5 Å². The van der Waals surface area contributed by atoms with Gasteiger partial charge in [-0.1, -0.05) is 48.0 Å². The second kappa shape index (κ2) is 7.92. The Labute approximate surface area is 159 Å². The fourth-order valence-electron chi connectivity index (χ4n) is 3.38. The van der Waals surface area contributed by atoms with E-state index < -0.39 is 6.04 Å². The van der Waals surface area contributed by atoms with Crippen LogP contribution in [0, 0.1) is 6.92 Å². The van der Waals surface area contributed by atoms with Gasteiger partial charge in [0.1, 0.15) is 6.04 Å². The van der Waals surface area contributed by atoms with Crippen molar-refractivity contribution in [3.05, 3.63) is 64.7 Å². The summed E-state index contributed by atoms with van der Waals surface area (Å²) in [4.78, 5) is 28.9. The summed E-state index contributed by atoms with van der Waals surface area (Å²) in [5.74, 6) is -0.0353. The van der Waals surface area contributed by atoms with E-state index in [1.165, 1.54) is 0 Å². The Hall–Kier alpha value is -2.33. The van der Waals surface area contributed by atoms with Gasteiger partial charge in [-0.3, -0.25) is 9.59 Å². The lowest BCUT2D eigenvalue weighted by Gasteiger charge is -2.39. The summed E-state index contributed by atoms with van der Waals surface area (Å²) < 4.78 is 0. The highest BCUT2D eigenvalue weighted by Crippen LogP contribution is 2.29. The average molecular weight is 371 g/mol. The molecule has 1 atom stereocenters. The lowest BCUT2D eigenvalue weighted by molar-refractivity contribution is -0.140. The molecule has 2 aromatic rings. The zero-order chi connectivity index (χ0) is 18.7. The number of anilines is 1. The quantitative estimate of drug-likeness (QED) is 0.820. The first-order valence-electron chi connectivity index (χ1n) is 8.89. The third kappa shape index (κ3) is 3.75. The van der Waals surface area contributed by atoms with Crippen molar-refractivity contribution in [2.45, 2.75) is 32.7 Å². The Morgan fingerprint density at radius 3 is 2.58 bits per heavy atom. The van der Waals surface area contributed by atoms with Crippen molar-refractivity contribution in [2.75, 3.05) is 18.0 Å². The monoisotopic (exact) mass is 370 g/mol. The van der Waals surface area contributed by atoms with Crippen molar-refractivity contribution in [1.29, 1.82) is 0 Å². The van der Waals surface area contributed by atoms with Gasteiger partial charge in [-0.25, -0.2) is 0 Å². The zero-order valence-electron chi connectivity index (χ0n) is 15.1. The molecule has 0 N–H and O–H groups in total. The van der Waals surface area contributed by atoms with E-state index in [0.29, 0.717) is 31.0 Å². The normalized spacial score (nSPS) is 17.5. The Balaban J connectivity index is 1.67. The van der Waals surface area contributed by atoms with Gasteiger partial charge in [-0.05, 0) is 43.5 Å². The first kappa shape index (κ1) is 18.5. The van der Waals surface area contributed by atoms with E-state index >= 15 is 0 Å². The molecule has 1 fully saturated rings. The molecule has 1 saturated heterocycles. The third-order valence-corrected chi connectivity index (χ3v) is 5.39. The number of carbonyl (C=O) groups excluding carboxylic acids is 2. The molecule has 1 aliphatic rings. The summed E-state index contributed by atoms with van der Waals surface area (Å²) in [6, 6.07) is 15.0. The highest BCUT2D eigenvalue weighted by Gasteiger charge is 2.35. The van der Waals surface area contributed by atoms with Crippen molar-refractivity contribution in [1.82, 2.24) is 4.90 Å². The molecule has 5 heteroatoms. The van der Waals surface area contributed by atoms with Gasteiger partial charge in [-0.15, -0.1) is 0 Å². The van der Waals surface area contributed by atoms with Gasteiger partial charge in [0.25, 0.3) is 0 Å². The van der Waals surface area contributed by atoms with Crippen molar-refractivity contribution in [3.8, 4) is 0 Å². The van der Waals surface area contributed by atoms with Crippen LogP contribution in [0.3, 0.4) is 0 Å². The summed E-state index contributed by atoms with van der Waals surface area (Å²) >= 11 is 6.19. The Kier molecular flexibility index (Phi) is 5.62. The maximum atomic E-state index is 12.9. The molecule has 136 valence electrons. The van der Waals surface area contributed by atoms with Crippen LogP contribution in [0.25, 0.3) is 0 Å². The maximum Gasteiger partial charge on any atom is 0.249 e. The number of piperazine rings is 1. The predicted molar refractivity (Wildman–Crippen MR) is 104 cm³/mol. The maximum absolute atomic E-state index is 12.9. The van der Waals surface area contributed by atoms with Crippen LogP contribution in [0.4, 0.5) is 5.69 Å². The number of nitrogens with zero attached hydrogens (tertiary/aromatic N) is 2. The molecule has 4 nitrogen and oxygen atoms in total. The minimum absolute atomic E-state index is 0.0252. The number of rotatable bonds is 4. The molecule has 0 unspecified atom stereocenters. The van der Waals surface area contributed by atoms with Gasteiger partial charge in [0, 0.05) is 30.2 Å². The molecule has 1 aliphatic heterocycles. The molecule has 2 amide bonds. The number of benzene rings is 2. The second-order valence-corrected chi connectivity index (χ2v) is 7.03. The number of carbonyl (C=O) groups is 2. The lowest BCUT2D eigenvalue weighted by Crippen LogP contribution is -2.58. The van der Waals surface area contributed by atoms with Crippen molar-refractivity contribution in [2.24, 2.45) is 0 Å². The summed E-state index contributed by atoms with van der Waals surface area (Å²) in [5, 5.41) is 0.643. The Bertz CT molecular complexity index is 807. The fourth-order valence-corrected chi connectivity index (χ4v) is 3.55. The molecule has 1 heterocycles.